The molecule has 1 aliphatic heterocycles. The first kappa shape index (κ1) is 24.0. The lowest BCUT2D eigenvalue weighted by Gasteiger charge is -2.33. The first-order valence-corrected chi connectivity index (χ1v) is 12.5. The van der Waals surface area contributed by atoms with Gasteiger partial charge >= 0.3 is 5.97 Å². The fourth-order valence-corrected chi connectivity index (χ4v) is 5.33. The predicted octanol–water partition coefficient (Wildman–Crippen LogP) is 3.60. The van der Waals surface area contributed by atoms with Gasteiger partial charge in [0.25, 0.3) is 5.88 Å². The molecule has 1 unspecified atom stereocenters. The minimum Gasteiger partial charge on any atom is -0.488 e. The lowest BCUT2D eigenvalue weighted by Crippen LogP contribution is -2.41. The number of aliphatic carboxylic acids is 1. The van der Waals surface area contributed by atoms with Gasteiger partial charge in [-0.2, -0.15) is 0 Å². The first-order chi connectivity index (χ1) is 17.5. The van der Waals surface area contributed by atoms with Crippen LogP contribution in [-0.2, 0) is 9.59 Å². The average molecular weight is 494 g/mol. The number of pyridine rings is 1. The molecule has 2 atom stereocenters. The fraction of sp³-hybridized carbons (Fsp3) is 0.500. The van der Waals surface area contributed by atoms with Crippen molar-refractivity contribution in [3.05, 3.63) is 41.9 Å². The van der Waals surface area contributed by atoms with E-state index in [4.69, 9.17) is 9.47 Å². The predicted molar refractivity (Wildman–Crippen MR) is 132 cm³/mol. The van der Waals surface area contributed by atoms with Gasteiger partial charge in [-0.05, 0) is 63.0 Å². The number of rotatable bonds is 10. The lowest BCUT2D eigenvalue weighted by molar-refractivity contribution is -0.132. The van der Waals surface area contributed by atoms with Crippen LogP contribution < -0.4 is 19.7 Å². The van der Waals surface area contributed by atoms with E-state index in [1.54, 1.807) is 18.6 Å². The molecule has 10 nitrogen and oxygen atoms in total. The molecule has 5 rings (SSSR count). The minimum absolute atomic E-state index is 0.0724. The van der Waals surface area contributed by atoms with Crippen molar-refractivity contribution in [2.24, 2.45) is 5.41 Å². The summed E-state index contributed by atoms with van der Waals surface area (Å²) in [5.41, 5.74) is 1.51. The number of carboxylic acids is 1. The van der Waals surface area contributed by atoms with E-state index in [0.717, 1.165) is 37.8 Å². The van der Waals surface area contributed by atoms with Crippen molar-refractivity contribution in [1.29, 1.82) is 0 Å². The van der Waals surface area contributed by atoms with Crippen molar-refractivity contribution >= 4 is 23.5 Å². The summed E-state index contributed by atoms with van der Waals surface area (Å²) in [5.74, 6) is 1.26. The molecule has 190 valence electrons. The SMILES string of the molecule is CCOc1cccnc1O[C@@H]1CCCN(c2cncc(NC(=O)CCC34CCC(C(=O)O)=C3C4)n2)C1. The summed E-state index contributed by atoms with van der Waals surface area (Å²) in [5, 5.41) is 12.1. The minimum atomic E-state index is -0.818. The molecule has 2 aliphatic carbocycles. The fourth-order valence-electron chi connectivity index (χ4n) is 5.33. The molecule has 2 aromatic rings. The van der Waals surface area contributed by atoms with Gasteiger partial charge in [0.05, 0.1) is 25.5 Å². The van der Waals surface area contributed by atoms with E-state index in [9.17, 15) is 14.7 Å². The van der Waals surface area contributed by atoms with Crippen molar-refractivity contribution < 1.29 is 24.2 Å². The van der Waals surface area contributed by atoms with Gasteiger partial charge in [-0.3, -0.25) is 9.78 Å². The summed E-state index contributed by atoms with van der Waals surface area (Å²) in [6.45, 7) is 3.90. The van der Waals surface area contributed by atoms with Gasteiger partial charge in [0, 0.05) is 24.7 Å². The summed E-state index contributed by atoms with van der Waals surface area (Å²) in [6.07, 6.45) is 9.90. The van der Waals surface area contributed by atoms with E-state index in [0.29, 0.717) is 61.3 Å². The first-order valence-electron chi connectivity index (χ1n) is 12.5. The van der Waals surface area contributed by atoms with Crippen molar-refractivity contribution in [3.8, 4) is 11.6 Å². The molecule has 10 heteroatoms. The summed E-state index contributed by atoms with van der Waals surface area (Å²) in [7, 11) is 0. The second-order valence-corrected chi connectivity index (χ2v) is 9.60. The number of allylic oxidation sites excluding steroid dienone is 1. The Morgan fingerprint density at radius 3 is 3.00 bits per heavy atom. The Bertz CT molecular complexity index is 1180. The standard InChI is InChI=1S/C26H31N5O5/c1-2-35-20-6-3-11-28-24(20)36-17-5-4-12-31(16-17)22-15-27-14-21(29-22)30-23(32)8-10-26-9-7-18(25(33)34)19(26)13-26/h3,6,11,14-15,17H,2,4-5,7-10,12-13,16H2,1H3,(H,33,34)(H,29,30,32)/t17-,26?/m1/s1. The van der Waals surface area contributed by atoms with E-state index in [1.807, 2.05) is 19.1 Å². The Labute approximate surface area is 209 Å². The second-order valence-electron chi connectivity index (χ2n) is 9.60. The highest BCUT2D eigenvalue weighted by Crippen LogP contribution is 2.65. The maximum Gasteiger partial charge on any atom is 0.331 e. The molecular formula is C26H31N5O5. The van der Waals surface area contributed by atoms with Crippen LogP contribution in [0, 0.1) is 5.41 Å². The summed E-state index contributed by atoms with van der Waals surface area (Å²) in [6, 6.07) is 3.67. The molecule has 3 heterocycles. The number of carbonyl (C=O) groups excluding carboxylic acids is 1. The van der Waals surface area contributed by atoms with Gasteiger partial charge in [-0.25, -0.2) is 14.8 Å². The highest BCUT2D eigenvalue weighted by molar-refractivity contribution is 5.91. The summed E-state index contributed by atoms with van der Waals surface area (Å²) < 4.78 is 11.8. The Morgan fingerprint density at radius 1 is 1.33 bits per heavy atom. The zero-order valence-electron chi connectivity index (χ0n) is 20.4. The molecule has 0 radical (unpaired) electrons. The summed E-state index contributed by atoms with van der Waals surface area (Å²) >= 11 is 0. The van der Waals surface area contributed by atoms with Gasteiger partial charge in [-0.1, -0.05) is 5.57 Å². The van der Waals surface area contributed by atoms with Crippen LogP contribution in [0.15, 0.2) is 41.9 Å². The number of nitrogens with one attached hydrogen (secondary N) is 1. The number of anilines is 2. The summed E-state index contributed by atoms with van der Waals surface area (Å²) in [4.78, 5) is 39.2. The van der Waals surface area contributed by atoms with Crippen molar-refractivity contribution in [3.63, 3.8) is 0 Å². The molecule has 1 amide bonds. The molecule has 3 aliphatic rings. The molecule has 1 saturated carbocycles. The number of aromatic nitrogens is 3. The molecule has 36 heavy (non-hydrogen) atoms. The van der Waals surface area contributed by atoms with Crippen LogP contribution in [0.5, 0.6) is 11.6 Å². The molecule has 2 N–H and O–H groups in total. The van der Waals surface area contributed by atoms with Gasteiger partial charge in [0.2, 0.25) is 5.91 Å². The van der Waals surface area contributed by atoms with E-state index in [2.05, 4.69) is 25.2 Å². The van der Waals surface area contributed by atoms with E-state index >= 15 is 0 Å². The molecule has 0 aromatic carbocycles. The zero-order valence-corrected chi connectivity index (χ0v) is 20.4. The van der Waals surface area contributed by atoms with Crippen molar-refractivity contribution in [1.82, 2.24) is 15.0 Å². The topological polar surface area (TPSA) is 127 Å². The van der Waals surface area contributed by atoms with E-state index < -0.39 is 5.97 Å². The third kappa shape index (κ3) is 5.12. The Balaban J connectivity index is 1.16. The van der Waals surface area contributed by atoms with Gasteiger partial charge < -0.3 is 24.8 Å². The van der Waals surface area contributed by atoms with Crippen LogP contribution in [0.4, 0.5) is 11.6 Å². The number of hydrogen-bond donors (Lipinski definition) is 2. The number of hydrogen-bond acceptors (Lipinski definition) is 8. The van der Waals surface area contributed by atoms with Crippen LogP contribution >= 0.6 is 0 Å². The van der Waals surface area contributed by atoms with Crippen LogP contribution in [0.25, 0.3) is 0 Å². The molecule has 0 spiro atoms. The van der Waals surface area contributed by atoms with Gasteiger partial charge in [-0.15, -0.1) is 0 Å². The lowest BCUT2D eigenvalue weighted by atomic mass is 9.96. The maximum atomic E-state index is 12.6. The zero-order chi connectivity index (χ0) is 25.1. The highest BCUT2D eigenvalue weighted by Gasteiger charge is 2.54. The van der Waals surface area contributed by atoms with Crippen LogP contribution in [0.1, 0.15) is 51.9 Å². The normalized spacial score (nSPS) is 22.7. The molecule has 1 saturated heterocycles. The Hall–Kier alpha value is -3.69. The number of piperidine rings is 1. The number of amides is 1. The van der Waals surface area contributed by atoms with Crippen molar-refractivity contribution in [2.75, 3.05) is 29.9 Å². The quantitative estimate of drug-likeness (QED) is 0.510. The Morgan fingerprint density at radius 2 is 2.22 bits per heavy atom. The maximum absolute atomic E-state index is 12.6. The third-order valence-electron chi connectivity index (χ3n) is 7.24. The van der Waals surface area contributed by atoms with Crippen LogP contribution in [0.3, 0.4) is 0 Å². The van der Waals surface area contributed by atoms with E-state index in [-0.39, 0.29) is 17.4 Å². The van der Waals surface area contributed by atoms with Gasteiger partial charge in [0.1, 0.15) is 11.9 Å². The average Bonchev–Trinajstić information content (AvgIpc) is 3.47. The van der Waals surface area contributed by atoms with Crippen molar-refractivity contribution in [2.45, 2.75) is 58.0 Å². The van der Waals surface area contributed by atoms with Crippen LogP contribution in [-0.4, -0.2) is 57.7 Å². The van der Waals surface area contributed by atoms with Gasteiger partial charge in [0.15, 0.2) is 11.6 Å². The highest BCUT2D eigenvalue weighted by atomic mass is 16.5. The number of carboxylic acid groups (broad SMARTS) is 1. The van der Waals surface area contributed by atoms with Crippen LogP contribution in [0.2, 0.25) is 0 Å². The number of nitrogens with zero attached hydrogens (tertiary/aromatic N) is 4. The number of fused-ring (bicyclic) bond motifs is 1. The molecule has 2 aromatic heterocycles. The second kappa shape index (κ2) is 10.1. The molecule has 0 bridgehead atoms. The smallest absolute Gasteiger partial charge is 0.331 e. The number of ether oxygens (including phenoxy) is 2. The monoisotopic (exact) mass is 493 g/mol. The number of carbonyl (C=O) groups is 2. The molecule has 2 fully saturated rings. The molecular weight excluding hydrogens is 462 g/mol. The third-order valence-corrected chi connectivity index (χ3v) is 7.24. The van der Waals surface area contributed by atoms with E-state index in [1.165, 1.54) is 0 Å². The Kier molecular flexibility index (Phi) is 6.75. The largest absolute Gasteiger partial charge is 0.488 e.